The summed E-state index contributed by atoms with van der Waals surface area (Å²) < 4.78 is 0. The Morgan fingerprint density at radius 2 is 2.16 bits per heavy atom. The zero-order valence-electron chi connectivity index (χ0n) is 11.5. The third kappa shape index (κ3) is 3.31. The Morgan fingerprint density at radius 1 is 1.26 bits per heavy atom. The van der Waals surface area contributed by atoms with E-state index in [2.05, 4.69) is 46.5 Å². The molecule has 1 aromatic carbocycles. The minimum atomic E-state index is 0.801. The van der Waals surface area contributed by atoms with Crippen molar-refractivity contribution in [2.45, 2.75) is 25.4 Å². The number of pyridine rings is 1. The number of fused-ring (bicyclic) bond motifs is 1. The first-order valence-electron chi connectivity index (χ1n) is 7.07. The minimum absolute atomic E-state index is 0.801. The average Bonchev–Trinajstić information content (AvgIpc) is 3.23. The Labute approximate surface area is 114 Å². The largest absolute Gasteiger partial charge is 0.313 e. The Morgan fingerprint density at radius 3 is 3.00 bits per heavy atom. The molecule has 0 atom stereocenters. The van der Waals surface area contributed by atoms with E-state index in [0.29, 0.717) is 0 Å². The van der Waals surface area contributed by atoms with Crippen molar-refractivity contribution in [2.75, 3.05) is 20.1 Å². The molecule has 3 rings (SSSR count). The molecule has 0 saturated heterocycles. The van der Waals surface area contributed by atoms with Crippen LogP contribution in [0.25, 0.3) is 10.9 Å². The third-order valence-corrected chi connectivity index (χ3v) is 3.68. The van der Waals surface area contributed by atoms with E-state index in [1.807, 2.05) is 12.3 Å². The summed E-state index contributed by atoms with van der Waals surface area (Å²) in [5, 5.41) is 4.83. The highest BCUT2D eigenvalue weighted by Crippen LogP contribution is 2.19. The number of likely N-dealkylation sites (N-methyl/N-ethyl adjacent to an activating group) is 1. The maximum absolute atomic E-state index is 4.41. The van der Waals surface area contributed by atoms with Crippen LogP contribution in [-0.4, -0.2) is 36.1 Å². The smallest absolute Gasteiger partial charge is 0.0705 e. The standard InChI is InChI=1S/C16H21N3/c1-19(11-10-17-14-7-8-14)12-13-4-2-6-16-15(13)5-3-9-18-16/h2-6,9,14,17H,7-8,10-12H2,1H3. The Balaban J connectivity index is 1.63. The Hall–Kier alpha value is -1.45. The fourth-order valence-corrected chi connectivity index (χ4v) is 2.42. The first-order chi connectivity index (χ1) is 9.33. The van der Waals surface area contributed by atoms with Crippen molar-refractivity contribution < 1.29 is 0 Å². The quantitative estimate of drug-likeness (QED) is 0.859. The second kappa shape index (κ2) is 5.68. The molecule has 0 unspecified atom stereocenters. The van der Waals surface area contributed by atoms with Gasteiger partial charge in [0.05, 0.1) is 5.52 Å². The summed E-state index contributed by atoms with van der Waals surface area (Å²) in [6.07, 6.45) is 4.58. The molecule has 0 spiro atoms. The van der Waals surface area contributed by atoms with E-state index in [1.54, 1.807) is 0 Å². The van der Waals surface area contributed by atoms with Gasteiger partial charge in [-0.3, -0.25) is 4.98 Å². The zero-order chi connectivity index (χ0) is 13.1. The van der Waals surface area contributed by atoms with Crippen molar-refractivity contribution in [1.82, 2.24) is 15.2 Å². The van der Waals surface area contributed by atoms with Gasteiger partial charge in [-0.15, -0.1) is 0 Å². The molecule has 3 nitrogen and oxygen atoms in total. The molecule has 1 fully saturated rings. The van der Waals surface area contributed by atoms with Crippen LogP contribution in [-0.2, 0) is 6.54 Å². The molecule has 1 N–H and O–H groups in total. The van der Waals surface area contributed by atoms with Crippen LogP contribution in [0.2, 0.25) is 0 Å². The summed E-state index contributed by atoms with van der Waals surface area (Å²) in [6.45, 7) is 3.16. The van der Waals surface area contributed by atoms with E-state index in [4.69, 9.17) is 0 Å². The molecule has 19 heavy (non-hydrogen) atoms. The molecule has 0 amide bonds. The van der Waals surface area contributed by atoms with Crippen molar-refractivity contribution >= 4 is 10.9 Å². The summed E-state index contributed by atoms with van der Waals surface area (Å²) in [5.41, 5.74) is 2.45. The average molecular weight is 255 g/mol. The Bertz CT molecular complexity index is 543. The topological polar surface area (TPSA) is 28.2 Å². The van der Waals surface area contributed by atoms with Gasteiger partial charge in [-0.2, -0.15) is 0 Å². The molecule has 1 aliphatic rings. The van der Waals surface area contributed by atoms with Gasteiger partial charge in [-0.1, -0.05) is 18.2 Å². The zero-order valence-corrected chi connectivity index (χ0v) is 11.5. The number of benzene rings is 1. The molecule has 100 valence electrons. The number of hydrogen-bond acceptors (Lipinski definition) is 3. The van der Waals surface area contributed by atoms with Gasteiger partial charge < -0.3 is 10.2 Å². The molecule has 1 aromatic heterocycles. The fourth-order valence-electron chi connectivity index (χ4n) is 2.42. The van der Waals surface area contributed by atoms with Crippen LogP contribution in [0.4, 0.5) is 0 Å². The van der Waals surface area contributed by atoms with Crippen molar-refractivity contribution in [1.29, 1.82) is 0 Å². The van der Waals surface area contributed by atoms with Gasteiger partial charge in [0.15, 0.2) is 0 Å². The fraction of sp³-hybridized carbons (Fsp3) is 0.438. The molecule has 1 aliphatic carbocycles. The highest BCUT2D eigenvalue weighted by molar-refractivity contribution is 5.81. The summed E-state index contributed by atoms with van der Waals surface area (Å²) in [6, 6.07) is 11.4. The lowest BCUT2D eigenvalue weighted by Crippen LogP contribution is -2.30. The maximum atomic E-state index is 4.41. The van der Waals surface area contributed by atoms with Crippen molar-refractivity contribution in [3.05, 3.63) is 42.1 Å². The highest BCUT2D eigenvalue weighted by Gasteiger charge is 2.19. The van der Waals surface area contributed by atoms with Gasteiger partial charge in [0.2, 0.25) is 0 Å². The van der Waals surface area contributed by atoms with Crippen LogP contribution in [0.1, 0.15) is 18.4 Å². The molecule has 1 saturated carbocycles. The second-order valence-corrected chi connectivity index (χ2v) is 5.45. The predicted molar refractivity (Wildman–Crippen MR) is 79.1 cm³/mol. The van der Waals surface area contributed by atoms with E-state index in [-0.39, 0.29) is 0 Å². The number of aromatic nitrogens is 1. The molecule has 2 aromatic rings. The molecule has 0 bridgehead atoms. The summed E-state index contributed by atoms with van der Waals surface area (Å²) in [4.78, 5) is 6.78. The van der Waals surface area contributed by atoms with Gasteiger partial charge in [0.1, 0.15) is 0 Å². The van der Waals surface area contributed by atoms with Gasteiger partial charge >= 0.3 is 0 Å². The van der Waals surface area contributed by atoms with Crippen LogP contribution in [0, 0.1) is 0 Å². The van der Waals surface area contributed by atoms with Crippen LogP contribution in [0.5, 0.6) is 0 Å². The van der Waals surface area contributed by atoms with Gasteiger partial charge in [-0.05, 0) is 37.6 Å². The van der Waals surface area contributed by atoms with Crippen molar-refractivity contribution in [2.24, 2.45) is 0 Å². The normalized spacial score (nSPS) is 15.3. The molecule has 0 radical (unpaired) electrons. The molecule has 1 heterocycles. The van der Waals surface area contributed by atoms with Crippen LogP contribution in [0.15, 0.2) is 36.5 Å². The lowest BCUT2D eigenvalue weighted by molar-refractivity contribution is 0.325. The summed E-state index contributed by atoms with van der Waals surface area (Å²) in [7, 11) is 2.18. The molecule has 0 aliphatic heterocycles. The monoisotopic (exact) mass is 255 g/mol. The molecular formula is C16H21N3. The van der Waals surface area contributed by atoms with E-state index in [0.717, 1.165) is 31.2 Å². The van der Waals surface area contributed by atoms with Gasteiger partial charge in [0, 0.05) is 37.3 Å². The van der Waals surface area contributed by atoms with Gasteiger partial charge in [0.25, 0.3) is 0 Å². The van der Waals surface area contributed by atoms with Crippen LogP contribution < -0.4 is 5.32 Å². The first-order valence-corrected chi connectivity index (χ1v) is 7.07. The second-order valence-electron chi connectivity index (χ2n) is 5.45. The van der Waals surface area contributed by atoms with Crippen molar-refractivity contribution in [3.8, 4) is 0 Å². The highest BCUT2D eigenvalue weighted by atomic mass is 15.1. The lowest BCUT2D eigenvalue weighted by atomic mass is 10.1. The first kappa shape index (κ1) is 12.6. The predicted octanol–water partition coefficient (Wildman–Crippen LogP) is 2.42. The van der Waals surface area contributed by atoms with Crippen LogP contribution >= 0.6 is 0 Å². The summed E-state index contributed by atoms with van der Waals surface area (Å²) in [5.74, 6) is 0. The number of rotatable bonds is 6. The number of nitrogens with one attached hydrogen (secondary N) is 1. The SMILES string of the molecule is CN(CCNC1CC1)Cc1cccc2ncccc12. The van der Waals surface area contributed by atoms with E-state index in [1.165, 1.54) is 23.8 Å². The van der Waals surface area contributed by atoms with Crippen LogP contribution in [0.3, 0.4) is 0 Å². The van der Waals surface area contributed by atoms with E-state index in [9.17, 15) is 0 Å². The van der Waals surface area contributed by atoms with E-state index >= 15 is 0 Å². The molecular weight excluding hydrogens is 234 g/mol. The third-order valence-electron chi connectivity index (χ3n) is 3.68. The number of hydrogen-bond donors (Lipinski definition) is 1. The summed E-state index contributed by atoms with van der Waals surface area (Å²) >= 11 is 0. The van der Waals surface area contributed by atoms with E-state index < -0.39 is 0 Å². The number of nitrogens with zero attached hydrogens (tertiary/aromatic N) is 2. The lowest BCUT2D eigenvalue weighted by Gasteiger charge is -2.18. The molecule has 3 heteroatoms. The minimum Gasteiger partial charge on any atom is -0.313 e. The van der Waals surface area contributed by atoms with Gasteiger partial charge in [-0.25, -0.2) is 0 Å². The maximum Gasteiger partial charge on any atom is 0.0705 e. The Kier molecular flexibility index (Phi) is 3.76. The van der Waals surface area contributed by atoms with Crippen molar-refractivity contribution in [3.63, 3.8) is 0 Å².